The fourth-order valence-electron chi connectivity index (χ4n) is 1.31. The number of aromatic nitrogens is 4. The summed E-state index contributed by atoms with van der Waals surface area (Å²) in [5.74, 6) is -0.0764. The molecular weight excluding hydrogens is 263 g/mol. The molecule has 0 spiro atoms. The summed E-state index contributed by atoms with van der Waals surface area (Å²) in [7, 11) is 1.51. The highest BCUT2D eigenvalue weighted by Gasteiger charge is 2.04. The molecule has 0 N–H and O–H groups in total. The van der Waals surface area contributed by atoms with Crippen molar-refractivity contribution >= 4 is 11.6 Å². The van der Waals surface area contributed by atoms with Gasteiger partial charge in [0, 0.05) is 13.1 Å². The molecule has 0 unspecified atom stereocenters. The average Bonchev–Trinajstić information content (AvgIpc) is 2.66. The second kappa shape index (κ2) is 5.18. The lowest BCUT2D eigenvalue weighted by Gasteiger charge is -2.05. The lowest BCUT2D eigenvalue weighted by Crippen LogP contribution is -2.25. The number of halogens is 2. The van der Waals surface area contributed by atoms with Gasteiger partial charge < -0.3 is 4.74 Å². The van der Waals surface area contributed by atoms with Gasteiger partial charge in [0.25, 0.3) is 0 Å². The van der Waals surface area contributed by atoms with Crippen LogP contribution in [0.1, 0.15) is 0 Å². The van der Waals surface area contributed by atoms with Crippen molar-refractivity contribution in [2.45, 2.75) is 6.54 Å². The first-order valence-electron chi connectivity index (χ1n) is 5.12. The number of hydrogen-bond donors (Lipinski definition) is 0. The maximum absolute atomic E-state index is 12.9. The zero-order valence-electron chi connectivity index (χ0n) is 9.51. The van der Waals surface area contributed by atoms with Crippen molar-refractivity contribution in [2.24, 2.45) is 7.05 Å². The summed E-state index contributed by atoms with van der Waals surface area (Å²) >= 11 is 5.60. The summed E-state index contributed by atoms with van der Waals surface area (Å²) in [6.45, 7) is 0.461. The van der Waals surface area contributed by atoms with E-state index in [0.29, 0.717) is 5.75 Å². The van der Waals surface area contributed by atoms with Crippen LogP contribution in [-0.2, 0) is 13.6 Å². The number of aryl methyl sites for hydroxylation is 1. The van der Waals surface area contributed by atoms with E-state index in [1.54, 1.807) is 0 Å². The highest BCUT2D eigenvalue weighted by molar-refractivity contribution is 6.30. The van der Waals surface area contributed by atoms with Crippen LogP contribution in [-0.4, -0.2) is 26.4 Å². The molecule has 8 heteroatoms. The van der Waals surface area contributed by atoms with Crippen LogP contribution in [0.3, 0.4) is 0 Å². The van der Waals surface area contributed by atoms with E-state index in [-0.39, 0.29) is 23.9 Å². The minimum atomic E-state index is -0.505. The standard InChI is InChI=1S/C10H10ClFN4O2/c1-15-10(17)16(14-13-15)4-5-18-7-2-3-9(12)8(11)6-7/h2-3,6H,4-5H2,1H3. The molecule has 0 atom stereocenters. The largest absolute Gasteiger partial charge is 0.492 e. The molecule has 96 valence electrons. The minimum absolute atomic E-state index is 0.0100. The summed E-state index contributed by atoms with van der Waals surface area (Å²) in [6.07, 6.45) is 0. The predicted octanol–water partition coefficient (Wildman–Crippen LogP) is 0.848. The van der Waals surface area contributed by atoms with Crippen LogP contribution in [0, 0.1) is 5.82 Å². The Hall–Kier alpha value is -1.89. The van der Waals surface area contributed by atoms with Gasteiger partial charge in [0.2, 0.25) is 0 Å². The van der Waals surface area contributed by atoms with Crippen LogP contribution in [0.5, 0.6) is 5.75 Å². The van der Waals surface area contributed by atoms with Crippen molar-refractivity contribution < 1.29 is 9.13 Å². The third-order valence-electron chi connectivity index (χ3n) is 2.24. The predicted molar refractivity (Wildman–Crippen MR) is 62.2 cm³/mol. The normalized spacial score (nSPS) is 10.6. The molecule has 2 rings (SSSR count). The van der Waals surface area contributed by atoms with Gasteiger partial charge in [-0.1, -0.05) is 11.6 Å². The molecule has 1 heterocycles. The zero-order valence-corrected chi connectivity index (χ0v) is 10.3. The van der Waals surface area contributed by atoms with Gasteiger partial charge in [-0.15, -0.1) is 0 Å². The number of nitrogens with zero attached hydrogens (tertiary/aromatic N) is 4. The third-order valence-corrected chi connectivity index (χ3v) is 2.53. The maximum atomic E-state index is 12.9. The minimum Gasteiger partial charge on any atom is -0.492 e. The Kier molecular flexibility index (Phi) is 3.61. The monoisotopic (exact) mass is 272 g/mol. The van der Waals surface area contributed by atoms with Crippen LogP contribution < -0.4 is 10.4 Å². The van der Waals surface area contributed by atoms with E-state index in [1.807, 2.05) is 0 Å². The van der Waals surface area contributed by atoms with E-state index in [9.17, 15) is 9.18 Å². The highest BCUT2D eigenvalue weighted by atomic mass is 35.5. The van der Waals surface area contributed by atoms with Crippen molar-refractivity contribution in [1.82, 2.24) is 19.8 Å². The Labute approximate surface area is 107 Å². The van der Waals surface area contributed by atoms with Crippen LogP contribution in [0.2, 0.25) is 5.02 Å². The fourth-order valence-corrected chi connectivity index (χ4v) is 1.48. The maximum Gasteiger partial charge on any atom is 0.363 e. The first kappa shape index (κ1) is 12.6. The smallest absolute Gasteiger partial charge is 0.363 e. The Morgan fingerprint density at radius 1 is 1.44 bits per heavy atom. The van der Waals surface area contributed by atoms with Crippen LogP contribution in [0.4, 0.5) is 4.39 Å². The van der Waals surface area contributed by atoms with Gasteiger partial charge in [-0.2, -0.15) is 9.36 Å². The summed E-state index contributed by atoms with van der Waals surface area (Å²) in [5, 5.41) is 7.18. The summed E-state index contributed by atoms with van der Waals surface area (Å²) in [4.78, 5) is 11.4. The van der Waals surface area contributed by atoms with Gasteiger partial charge in [0.05, 0.1) is 11.6 Å². The Balaban J connectivity index is 1.94. The van der Waals surface area contributed by atoms with E-state index in [2.05, 4.69) is 10.4 Å². The van der Waals surface area contributed by atoms with Crippen molar-refractivity contribution in [1.29, 1.82) is 0 Å². The second-order valence-corrected chi connectivity index (χ2v) is 3.94. The molecule has 2 aromatic rings. The van der Waals surface area contributed by atoms with Gasteiger partial charge in [-0.05, 0) is 22.6 Å². The topological polar surface area (TPSA) is 61.9 Å². The van der Waals surface area contributed by atoms with Crippen LogP contribution >= 0.6 is 11.6 Å². The van der Waals surface area contributed by atoms with Crippen molar-refractivity contribution in [3.8, 4) is 5.75 Å². The first-order valence-corrected chi connectivity index (χ1v) is 5.50. The highest BCUT2D eigenvalue weighted by Crippen LogP contribution is 2.20. The summed E-state index contributed by atoms with van der Waals surface area (Å²) < 4.78 is 20.5. The van der Waals surface area contributed by atoms with E-state index in [4.69, 9.17) is 16.3 Å². The molecule has 18 heavy (non-hydrogen) atoms. The summed E-state index contributed by atoms with van der Waals surface area (Å²) in [5.41, 5.74) is -0.323. The van der Waals surface area contributed by atoms with Crippen molar-refractivity contribution in [3.05, 3.63) is 39.5 Å². The molecule has 6 nitrogen and oxygen atoms in total. The zero-order chi connectivity index (χ0) is 13.1. The van der Waals surface area contributed by atoms with Gasteiger partial charge >= 0.3 is 5.69 Å². The molecule has 0 amide bonds. The lowest BCUT2D eigenvalue weighted by atomic mass is 10.3. The molecule has 1 aromatic carbocycles. The van der Waals surface area contributed by atoms with Crippen LogP contribution in [0.25, 0.3) is 0 Å². The van der Waals surface area contributed by atoms with E-state index >= 15 is 0 Å². The molecule has 0 saturated carbocycles. The van der Waals surface area contributed by atoms with Crippen molar-refractivity contribution in [3.63, 3.8) is 0 Å². The molecule has 0 saturated heterocycles. The van der Waals surface area contributed by atoms with E-state index < -0.39 is 5.82 Å². The Bertz CT molecular complexity index is 610. The number of benzene rings is 1. The second-order valence-electron chi connectivity index (χ2n) is 3.53. The average molecular weight is 273 g/mol. The van der Waals surface area contributed by atoms with E-state index in [1.165, 1.54) is 29.9 Å². The number of ether oxygens (including phenoxy) is 1. The quantitative estimate of drug-likeness (QED) is 0.828. The van der Waals surface area contributed by atoms with Crippen molar-refractivity contribution in [2.75, 3.05) is 6.61 Å². The van der Waals surface area contributed by atoms with Gasteiger partial charge in [-0.3, -0.25) is 0 Å². The molecule has 0 fully saturated rings. The molecule has 0 aliphatic rings. The molecule has 0 radical (unpaired) electrons. The summed E-state index contributed by atoms with van der Waals surface area (Å²) in [6, 6.07) is 4.04. The van der Waals surface area contributed by atoms with Gasteiger partial charge in [-0.25, -0.2) is 9.18 Å². The number of tetrazole rings is 1. The number of rotatable bonds is 4. The SMILES string of the molecule is Cn1nnn(CCOc2ccc(F)c(Cl)c2)c1=O. The van der Waals surface area contributed by atoms with Gasteiger partial charge in [0.1, 0.15) is 18.2 Å². The fraction of sp³-hybridized carbons (Fsp3) is 0.300. The van der Waals surface area contributed by atoms with E-state index in [0.717, 1.165) is 4.68 Å². The molecule has 0 aliphatic heterocycles. The van der Waals surface area contributed by atoms with Gasteiger partial charge in [0.15, 0.2) is 0 Å². The Morgan fingerprint density at radius 3 is 2.83 bits per heavy atom. The molecule has 0 bridgehead atoms. The molecule has 0 aliphatic carbocycles. The first-order chi connectivity index (χ1) is 8.58. The van der Waals surface area contributed by atoms with Crippen LogP contribution in [0.15, 0.2) is 23.0 Å². The molecule has 1 aromatic heterocycles. The Morgan fingerprint density at radius 2 is 2.22 bits per heavy atom. The lowest BCUT2D eigenvalue weighted by molar-refractivity contribution is 0.287. The molecular formula is C10H10ClFN4O2. The number of hydrogen-bond acceptors (Lipinski definition) is 4. The third kappa shape index (κ3) is 2.67.